The molecule has 3 aromatic rings. The van der Waals surface area contributed by atoms with Gasteiger partial charge in [-0.2, -0.15) is 0 Å². The molecule has 34 heavy (non-hydrogen) atoms. The molecule has 2 aromatic carbocycles. The van der Waals surface area contributed by atoms with Crippen molar-refractivity contribution in [3.63, 3.8) is 0 Å². The third-order valence-corrected chi connectivity index (χ3v) is 6.32. The maximum Gasteiger partial charge on any atom is 0.304 e. The number of carboxylic acids is 1. The number of benzene rings is 2. The zero-order chi connectivity index (χ0) is 23.8. The average molecular weight is 476 g/mol. The van der Waals surface area contributed by atoms with Crippen molar-refractivity contribution in [3.8, 4) is 0 Å². The minimum atomic E-state index is -0.881. The molecule has 1 aromatic heterocycles. The van der Waals surface area contributed by atoms with E-state index >= 15 is 0 Å². The summed E-state index contributed by atoms with van der Waals surface area (Å²) in [6.45, 7) is 1.65. The Labute approximate surface area is 201 Å². The lowest BCUT2D eigenvalue weighted by molar-refractivity contribution is -0.137. The summed E-state index contributed by atoms with van der Waals surface area (Å²) in [6.07, 6.45) is 4.31. The van der Waals surface area contributed by atoms with Crippen molar-refractivity contribution in [2.24, 2.45) is 4.99 Å². The molecule has 0 spiro atoms. The second kappa shape index (κ2) is 11.3. The number of carboxylic acid groups (broad SMARTS) is 1. The standard InChI is InChI=1S/C25H25N5O3S/c31-23(32)15-22(18-6-3-10-26-16-18)34-21-9-2-8-20(14-21)29-24(33)17-5-1-7-19(13-17)30-25-27-11-4-12-28-25/h1-3,5-10,13-14,16,22H,4,11-12,15H2,(H,29,33)(H,31,32)(H2,27,28,30). The van der Waals surface area contributed by atoms with Crippen LogP contribution in [0, 0.1) is 0 Å². The SMILES string of the molecule is O=C(O)CC(Sc1cccc(NC(=O)c2cccc(NC3=NCCCN3)c2)c1)c1cccnc1. The molecule has 2 heterocycles. The number of nitrogens with one attached hydrogen (secondary N) is 3. The molecule has 0 saturated heterocycles. The number of nitrogens with zero attached hydrogens (tertiary/aromatic N) is 2. The fraction of sp³-hybridized carbons (Fsp3) is 0.200. The van der Waals surface area contributed by atoms with E-state index in [4.69, 9.17) is 0 Å². The zero-order valence-electron chi connectivity index (χ0n) is 18.4. The molecular weight excluding hydrogens is 450 g/mol. The third kappa shape index (κ3) is 6.58. The second-order valence-corrected chi connectivity index (χ2v) is 8.97. The number of aliphatic carboxylic acids is 1. The highest BCUT2D eigenvalue weighted by atomic mass is 32.2. The summed E-state index contributed by atoms with van der Waals surface area (Å²) in [5.74, 6) is -0.412. The van der Waals surface area contributed by atoms with E-state index in [0.29, 0.717) is 17.2 Å². The van der Waals surface area contributed by atoms with Crippen LogP contribution in [-0.4, -0.2) is 41.0 Å². The highest BCUT2D eigenvalue weighted by Gasteiger charge is 2.18. The van der Waals surface area contributed by atoms with Gasteiger partial charge in [-0.1, -0.05) is 18.2 Å². The molecule has 4 rings (SSSR count). The van der Waals surface area contributed by atoms with Gasteiger partial charge in [-0.15, -0.1) is 11.8 Å². The number of carbonyl (C=O) groups is 2. The zero-order valence-corrected chi connectivity index (χ0v) is 19.2. The first kappa shape index (κ1) is 23.3. The predicted octanol–water partition coefficient (Wildman–Crippen LogP) is 4.40. The lowest BCUT2D eigenvalue weighted by atomic mass is 10.1. The van der Waals surface area contributed by atoms with Gasteiger partial charge in [0.25, 0.3) is 5.91 Å². The van der Waals surface area contributed by atoms with Crippen molar-refractivity contribution in [3.05, 3.63) is 84.2 Å². The second-order valence-electron chi connectivity index (χ2n) is 7.69. The van der Waals surface area contributed by atoms with Crippen LogP contribution < -0.4 is 16.0 Å². The van der Waals surface area contributed by atoms with Crippen LogP contribution in [-0.2, 0) is 4.79 Å². The number of amides is 1. The summed E-state index contributed by atoms with van der Waals surface area (Å²) in [7, 11) is 0. The molecule has 0 radical (unpaired) electrons. The molecule has 174 valence electrons. The number of aliphatic imine (C=N–C) groups is 1. The quantitative estimate of drug-likeness (QED) is 0.357. The summed E-state index contributed by atoms with van der Waals surface area (Å²) in [6, 6.07) is 18.3. The van der Waals surface area contributed by atoms with Crippen LogP contribution in [0.1, 0.15) is 34.0 Å². The van der Waals surface area contributed by atoms with Gasteiger partial charge in [0.2, 0.25) is 0 Å². The van der Waals surface area contributed by atoms with Crippen LogP contribution in [0.4, 0.5) is 11.4 Å². The molecule has 8 nitrogen and oxygen atoms in total. The molecule has 9 heteroatoms. The van der Waals surface area contributed by atoms with Gasteiger partial charge in [-0.3, -0.25) is 19.6 Å². The highest BCUT2D eigenvalue weighted by molar-refractivity contribution is 7.99. The molecule has 0 saturated carbocycles. The fourth-order valence-electron chi connectivity index (χ4n) is 3.46. The van der Waals surface area contributed by atoms with Gasteiger partial charge in [0.15, 0.2) is 5.96 Å². The van der Waals surface area contributed by atoms with Crippen LogP contribution >= 0.6 is 11.8 Å². The van der Waals surface area contributed by atoms with Crippen molar-refractivity contribution in [2.45, 2.75) is 23.0 Å². The van der Waals surface area contributed by atoms with Crippen molar-refractivity contribution in [1.82, 2.24) is 10.3 Å². The Kier molecular flexibility index (Phi) is 7.77. The lowest BCUT2D eigenvalue weighted by Gasteiger charge is -2.16. The minimum Gasteiger partial charge on any atom is -0.481 e. The van der Waals surface area contributed by atoms with Gasteiger partial charge in [0.05, 0.1) is 6.42 Å². The van der Waals surface area contributed by atoms with Gasteiger partial charge in [0, 0.05) is 52.6 Å². The number of hydrogen-bond donors (Lipinski definition) is 4. The summed E-state index contributed by atoms with van der Waals surface area (Å²) < 4.78 is 0. The monoisotopic (exact) mass is 475 g/mol. The van der Waals surface area contributed by atoms with Crippen molar-refractivity contribution >= 4 is 41.0 Å². The van der Waals surface area contributed by atoms with Crippen LogP contribution in [0.2, 0.25) is 0 Å². The van der Waals surface area contributed by atoms with E-state index in [-0.39, 0.29) is 17.6 Å². The fourth-order valence-corrected chi connectivity index (χ4v) is 4.64. The van der Waals surface area contributed by atoms with Gasteiger partial charge >= 0.3 is 5.97 Å². The van der Waals surface area contributed by atoms with E-state index in [1.54, 1.807) is 36.7 Å². The van der Waals surface area contributed by atoms with Gasteiger partial charge in [0.1, 0.15) is 0 Å². The van der Waals surface area contributed by atoms with Gasteiger partial charge in [-0.05, 0) is 54.4 Å². The summed E-state index contributed by atoms with van der Waals surface area (Å²) in [5.41, 5.74) is 2.76. The van der Waals surface area contributed by atoms with E-state index in [1.165, 1.54) is 11.8 Å². The molecule has 1 atom stereocenters. The Morgan fingerprint density at radius 1 is 1.09 bits per heavy atom. The third-order valence-electron chi connectivity index (χ3n) is 5.07. The van der Waals surface area contributed by atoms with Gasteiger partial charge < -0.3 is 21.1 Å². The van der Waals surface area contributed by atoms with E-state index in [0.717, 1.165) is 35.7 Å². The molecule has 4 N–H and O–H groups in total. The smallest absolute Gasteiger partial charge is 0.304 e. The Hall–Kier alpha value is -3.85. The van der Waals surface area contributed by atoms with Crippen LogP contribution in [0.5, 0.6) is 0 Å². The van der Waals surface area contributed by atoms with Crippen LogP contribution in [0.25, 0.3) is 0 Å². The molecule has 1 aliphatic rings. The highest BCUT2D eigenvalue weighted by Crippen LogP contribution is 2.38. The molecule has 1 amide bonds. The number of thioether (sulfide) groups is 1. The Morgan fingerprint density at radius 3 is 2.71 bits per heavy atom. The molecule has 1 unspecified atom stereocenters. The van der Waals surface area contributed by atoms with E-state index in [2.05, 4.69) is 25.9 Å². The number of rotatable bonds is 8. The average Bonchev–Trinajstić information content (AvgIpc) is 2.85. The first-order valence-corrected chi connectivity index (χ1v) is 11.8. The molecular formula is C25H25N5O3S. The molecule has 1 aliphatic heterocycles. The number of guanidine groups is 1. The number of carbonyl (C=O) groups excluding carboxylic acids is 1. The van der Waals surface area contributed by atoms with Gasteiger partial charge in [-0.25, -0.2) is 0 Å². The number of aromatic nitrogens is 1. The first-order valence-electron chi connectivity index (χ1n) is 10.9. The summed E-state index contributed by atoms with van der Waals surface area (Å²) >= 11 is 1.43. The topological polar surface area (TPSA) is 116 Å². The summed E-state index contributed by atoms with van der Waals surface area (Å²) in [5, 5.41) is 18.4. The number of pyridine rings is 1. The molecule has 0 bridgehead atoms. The van der Waals surface area contributed by atoms with Crippen molar-refractivity contribution < 1.29 is 14.7 Å². The summed E-state index contributed by atoms with van der Waals surface area (Å²) in [4.78, 5) is 33.6. The Morgan fingerprint density at radius 2 is 1.94 bits per heavy atom. The number of anilines is 2. The van der Waals surface area contributed by atoms with E-state index in [9.17, 15) is 14.7 Å². The van der Waals surface area contributed by atoms with Crippen LogP contribution in [0.3, 0.4) is 0 Å². The maximum absolute atomic E-state index is 12.9. The Balaban J connectivity index is 1.44. The van der Waals surface area contributed by atoms with E-state index < -0.39 is 5.97 Å². The predicted molar refractivity (Wildman–Crippen MR) is 134 cm³/mol. The maximum atomic E-state index is 12.9. The molecule has 0 fully saturated rings. The molecule has 0 aliphatic carbocycles. The van der Waals surface area contributed by atoms with Crippen molar-refractivity contribution in [1.29, 1.82) is 0 Å². The Bertz CT molecular complexity index is 1190. The van der Waals surface area contributed by atoms with E-state index in [1.807, 2.05) is 36.4 Å². The largest absolute Gasteiger partial charge is 0.481 e. The lowest BCUT2D eigenvalue weighted by Crippen LogP contribution is -2.35. The van der Waals surface area contributed by atoms with Crippen molar-refractivity contribution in [2.75, 3.05) is 23.7 Å². The normalized spacial score (nSPS) is 13.8. The van der Waals surface area contributed by atoms with Crippen LogP contribution in [0.15, 0.2) is 82.9 Å². The first-order chi connectivity index (χ1) is 16.6. The minimum absolute atomic E-state index is 0.0348. The number of hydrogen-bond acceptors (Lipinski definition) is 7.